The largest absolute Gasteiger partial charge is 0.489 e. The number of carbonyl (C=O) groups excluding carboxylic acids is 2. The van der Waals surface area contributed by atoms with Crippen molar-refractivity contribution in [2.75, 3.05) is 13.2 Å². The zero-order chi connectivity index (χ0) is 14.3. The topological polar surface area (TPSA) is 102 Å². The van der Waals surface area contributed by atoms with Crippen LogP contribution in [0.5, 0.6) is 5.75 Å². The number of benzene rings is 1. The Kier molecular flexibility index (Phi) is 5.56. The number of ether oxygens (including phenoxy) is 1. The summed E-state index contributed by atoms with van der Waals surface area (Å²) < 4.78 is 5.33. The molecule has 1 aromatic carbocycles. The molecule has 19 heavy (non-hydrogen) atoms. The number of aliphatic hydroxyl groups excluding tert-OH is 1. The molecule has 0 saturated heterocycles. The molecule has 0 aliphatic rings. The van der Waals surface area contributed by atoms with E-state index in [1.165, 1.54) is 0 Å². The van der Waals surface area contributed by atoms with E-state index in [-0.39, 0.29) is 13.2 Å². The van der Waals surface area contributed by atoms with Gasteiger partial charge in [0.25, 0.3) is 5.91 Å². The van der Waals surface area contributed by atoms with E-state index in [1.807, 2.05) is 0 Å². The van der Waals surface area contributed by atoms with Gasteiger partial charge in [-0.15, -0.1) is 0 Å². The number of hydrogen-bond acceptors (Lipinski definition) is 4. The number of primary amides is 1. The van der Waals surface area contributed by atoms with Crippen LogP contribution in [-0.2, 0) is 4.79 Å². The maximum absolute atomic E-state index is 11.9. The molecule has 0 fully saturated rings. The summed E-state index contributed by atoms with van der Waals surface area (Å²) in [5.74, 6) is -0.954. The first-order chi connectivity index (χ1) is 9.06. The van der Waals surface area contributed by atoms with Crippen LogP contribution in [0.1, 0.15) is 10.4 Å². The van der Waals surface area contributed by atoms with Gasteiger partial charge in [0.05, 0.1) is 12.1 Å². The number of rotatable bonds is 7. The Morgan fingerprint density at radius 1 is 1.47 bits per heavy atom. The number of aliphatic hydroxyl groups is 1. The SMILES string of the molecule is C=CCOc1ccccc1C(=O)NCC(O)C(N)=O. The predicted molar refractivity (Wildman–Crippen MR) is 69.7 cm³/mol. The average Bonchev–Trinajstić information content (AvgIpc) is 2.42. The van der Waals surface area contributed by atoms with Crippen LogP contribution in [0.15, 0.2) is 36.9 Å². The highest BCUT2D eigenvalue weighted by Gasteiger charge is 2.15. The highest BCUT2D eigenvalue weighted by molar-refractivity contribution is 5.97. The van der Waals surface area contributed by atoms with Crippen LogP contribution >= 0.6 is 0 Å². The summed E-state index contributed by atoms with van der Waals surface area (Å²) in [6.45, 7) is 3.55. The number of hydrogen-bond donors (Lipinski definition) is 3. The molecule has 6 heteroatoms. The molecule has 1 atom stereocenters. The molecule has 6 nitrogen and oxygen atoms in total. The van der Waals surface area contributed by atoms with Gasteiger partial charge < -0.3 is 20.9 Å². The fraction of sp³-hybridized carbons (Fsp3) is 0.231. The van der Waals surface area contributed by atoms with E-state index in [9.17, 15) is 14.7 Å². The summed E-state index contributed by atoms with van der Waals surface area (Å²) >= 11 is 0. The highest BCUT2D eigenvalue weighted by atomic mass is 16.5. The molecular weight excluding hydrogens is 248 g/mol. The zero-order valence-corrected chi connectivity index (χ0v) is 10.3. The quantitative estimate of drug-likeness (QED) is 0.595. The highest BCUT2D eigenvalue weighted by Crippen LogP contribution is 2.17. The maximum atomic E-state index is 11.9. The Bertz CT molecular complexity index is 473. The average molecular weight is 264 g/mol. The van der Waals surface area contributed by atoms with E-state index in [4.69, 9.17) is 10.5 Å². The van der Waals surface area contributed by atoms with Crippen molar-refractivity contribution in [3.63, 3.8) is 0 Å². The maximum Gasteiger partial charge on any atom is 0.255 e. The molecule has 2 amide bonds. The molecule has 1 aromatic rings. The molecule has 1 unspecified atom stereocenters. The molecule has 0 bridgehead atoms. The summed E-state index contributed by atoms with van der Waals surface area (Å²) in [5, 5.41) is 11.6. The van der Waals surface area contributed by atoms with Gasteiger partial charge in [-0.2, -0.15) is 0 Å². The van der Waals surface area contributed by atoms with E-state index < -0.39 is 17.9 Å². The molecule has 0 aromatic heterocycles. The molecular formula is C13H16N2O4. The molecule has 0 spiro atoms. The van der Waals surface area contributed by atoms with Crippen molar-refractivity contribution in [1.82, 2.24) is 5.32 Å². The normalized spacial score (nSPS) is 11.4. The lowest BCUT2D eigenvalue weighted by Crippen LogP contribution is -2.40. The minimum atomic E-state index is -1.41. The number of nitrogens with one attached hydrogen (secondary N) is 1. The summed E-state index contributed by atoms with van der Waals surface area (Å²) in [6, 6.07) is 6.63. The fourth-order valence-electron chi connectivity index (χ4n) is 1.31. The van der Waals surface area contributed by atoms with Crippen LogP contribution in [0.4, 0.5) is 0 Å². The van der Waals surface area contributed by atoms with Gasteiger partial charge in [-0.3, -0.25) is 9.59 Å². The van der Waals surface area contributed by atoms with Gasteiger partial charge in [-0.25, -0.2) is 0 Å². The van der Waals surface area contributed by atoms with Gasteiger partial charge in [-0.05, 0) is 12.1 Å². The minimum Gasteiger partial charge on any atom is -0.489 e. The summed E-state index contributed by atoms with van der Waals surface area (Å²) in [6.07, 6.45) is 0.149. The second-order valence-electron chi connectivity index (χ2n) is 3.72. The van der Waals surface area contributed by atoms with Gasteiger partial charge in [0.2, 0.25) is 5.91 Å². The molecule has 4 N–H and O–H groups in total. The van der Waals surface area contributed by atoms with Gasteiger partial charge >= 0.3 is 0 Å². The standard InChI is InChI=1S/C13H16N2O4/c1-2-7-19-11-6-4-3-5-9(11)13(18)15-8-10(16)12(14)17/h2-6,10,16H,1,7-8H2,(H2,14,17)(H,15,18). The van der Waals surface area contributed by atoms with Crippen molar-refractivity contribution in [2.24, 2.45) is 5.73 Å². The van der Waals surface area contributed by atoms with Crippen LogP contribution in [0.25, 0.3) is 0 Å². The van der Waals surface area contributed by atoms with Crippen molar-refractivity contribution in [3.8, 4) is 5.75 Å². The lowest BCUT2D eigenvalue weighted by Gasteiger charge is -2.11. The fourth-order valence-corrected chi connectivity index (χ4v) is 1.31. The second kappa shape index (κ2) is 7.17. The first kappa shape index (κ1) is 14.7. The first-order valence-electron chi connectivity index (χ1n) is 5.64. The number of amides is 2. The van der Waals surface area contributed by atoms with E-state index in [0.717, 1.165) is 0 Å². The van der Waals surface area contributed by atoms with Crippen molar-refractivity contribution in [2.45, 2.75) is 6.10 Å². The van der Waals surface area contributed by atoms with Gasteiger partial charge in [-0.1, -0.05) is 24.8 Å². The van der Waals surface area contributed by atoms with Crippen molar-refractivity contribution >= 4 is 11.8 Å². The van der Waals surface area contributed by atoms with Crippen LogP contribution < -0.4 is 15.8 Å². The molecule has 102 valence electrons. The van der Waals surface area contributed by atoms with Crippen molar-refractivity contribution in [3.05, 3.63) is 42.5 Å². The molecule has 0 saturated carbocycles. The van der Waals surface area contributed by atoms with Crippen LogP contribution in [0.3, 0.4) is 0 Å². The number of carbonyl (C=O) groups is 2. The van der Waals surface area contributed by atoms with Crippen LogP contribution in [0.2, 0.25) is 0 Å². The van der Waals surface area contributed by atoms with E-state index in [0.29, 0.717) is 11.3 Å². The third-order valence-electron chi connectivity index (χ3n) is 2.27. The third-order valence-corrected chi connectivity index (χ3v) is 2.27. The Hall–Kier alpha value is -2.34. The Balaban J connectivity index is 2.70. The Morgan fingerprint density at radius 3 is 2.79 bits per heavy atom. The number of nitrogens with two attached hydrogens (primary N) is 1. The monoisotopic (exact) mass is 264 g/mol. The van der Waals surface area contributed by atoms with E-state index >= 15 is 0 Å². The molecule has 0 aliphatic carbocycles. The van der Waals surface area contributed by atoms with Crippen molar-refractivity contribution < 1.29 is 19.4 Å². The molecule has 0 heterocycles. The minimum absolute atomic E-state index is 0.246. The van der Waals surface area contributed by atoms with E-state index in [2.05, 4.69) is 11.9 Å². The third kappa shape index (κ3) is 4.44. The Labute approximate surface area is 110 Å². The van der Waals surface area contributed by atoms with Crippen molar-refractivity contribution in [1.29, 1.82) is 0 Å². The predicted octanol–water partition coefficient (Wildman–Crippen LogP) is -0.173. The van der Waals surface area contributed by atoms with Gasteiger partial charge in [0.15, 0.2) is 0 Å². The van der Waals surface area contributed by atoms with E-state index in [1.54, 1.807) is 30.3 Å². The number of para-hydroxylation sites is 1. The molecule has 1 rings (SSSR count). The van der Waals surface area contributed by atoms with Crippen LogP contribution in [-0.4, -0.2) is 36.2 Å². The zero-order valence-electron chi connectivity index (χ0n) is 10.3. The molecule has 0 radical (unpaired) electrons. The smallest absolute Gasteiger partial charge is 0.255 e. The van der Waals surface area contributed by atoms with Gasteiger partial charge in [0, 0.05) is 0 Å². The molecule has 0 aliphatic heterocycles. The van der Waals surface area contributed by atoms with Gasteiger partial charge in [0.1, 0.15) is 18.5 Å². The summed E-state index contributed by atoms with van der Waals surface area (Å²) in [7, 11) is 0. The lowest BCUT2D eigenvalue weighted by molar-refractivity contribution is -0.125. The summed E-state index contributed by atoms with van der Waals surface area (Å²) in [4.78, 5) is 22.5. The summed E-state index contributed by atoms with van der Waals surface area (Å²) in [5.41, 5.74) is 5.19. The Morgan fingerprint density at radius 2 is 2.16 bits per heavy atom. The second-order valence-corrected chi connectivity index (χ2v) is 3.72. The van der Waals surface area contributed by atoms with Crippen LogP contribution in [0, 0.1) is 0 Å². The lowest BCUT2D eigenvalue weighted by atomic mass is 10.2. The first-order valence-corrected chi connectivity index (χ1v) is 5.64.